The van der Waals surface area contributed by atoms with Crippen LogP contribution in [0.4, 0.5) is 0 Å². The lowest BCUT2D eigenvalue weighted by atomic mass is 10.0. The van der Waals surface area contributed by atoms with Crippen LogP contribution in [0.3, 0.4) is 0 Å². The number of nitrogens with one attached hydrogen (secondary N) is 1. The summed E-state index contributed by atoms with van der Waals surface area (Å²) in [7, 11) is 3.70. The minimum atomic E-state index is -0.0888. The van der Waals surface area contributed by atoms with E-state index in [1.807, 2.05) is 69.2 Å². The van der Waals surface area contributed by atoms with Gasteiger partial charge in [0.05, 0.1) is 23.0 Å². The molecule has 0 atom stereocenters. The Labute approximate surface area is 193 Å². The normalized spacial score (nSPS) is 11.2. The fourth-order valence-electron chi connectivity index (χ4n) is 4.07. The van der Waals surface area contributed by atoms with Gasteiger partial charge in [-0.15, -0.1) is 0 Å². The molecule has 0 saturated heterocycles. The van der Waals surface area contributed by atoms with E-state index >= 15 is 0 Å². The number of carbonyl (C=O) groups is 1. The number of nitrogens with zero attached hydrogens (tertiary/aromatic N) is 4. The average molecular weight is 444 g/mol. The van der Waals surface area contributed by atoms with E-state index in [9.17, 15) is 9.90 Å². The number of aromatic nitrogens is 3. The van der Waals surface area contributed by atoms with Crippen LogP contribution in [0.25, 0.3) is 22.2 Å². The summed E-state index contributed by atoms with van der Waals surface area (Å²) in [5.74, 6) is 0.0706. The zero-order chi connectivity index (χ0) is 23.5. The standard InChI is InChI=1S/C26H29N5O2/c1-5-31-17(2)20(15-28-31)16-30(4)26(33)23-13-25(19-7-6-8-21(32)12-19)29-24-10-9-18(14-27-3)11-22(23)24/h6-13,15,27,32H,5,14,16H2,1-4H3. The minimum absolute atomic E-state index is 0.0888. The molecular formula is C26H29N5O2. The zero-order valence-electron chi connectivity index (χ0n) is 19.5. The Morgan fingerprint density at radius 3 is 2.70 bits per heavy atom. The molecule has 0 fully saturated rings. The van der Waals surface area contributed by atoms with E-state index in [1.54, 1.807) is 23.1 Å². The number of fused-ring (bicyclic) bond motifs is 1. The van der Waals surface area contributed by atoms with Gasteiger partial charge in [-0.3, -0.25) is 9.48 Å². The first-order valence-electron chi connectivity index (χ1n) is 11.1. The maximum Gasteiger partial charge on any atom is 0.254 e. The average Bonchev–Trinajstić information content (AvgIpc) is 3.17. The van der Waals surface area contributed by atoms with Crippen molar-refractivity contribution in [2.75, 3.05) is 14.1 Å². The highest BCUT2D eigenvalue weighted by Crippen LogP contribution is 2.28. The summed E-state index contributed by atoms with van der Waals surface area (Å²) >= 11 is 0. The molecule has 2 aromatic carbocycles. The number of rotatable bonds is 7. The van der Waals surface area contributed by atoms with Crippen LogP contribution in [0, 0.1) is 6.92 Å². The summed E-state index contributed by atoms with van der Waals surface area (Å²) in [5, 5.41) is 18.3. The Morgan fingerprint density at radius 2 is 2.00 bits per heavy atom. The maximum absolute atomic E-state index is 13.7. The first-order valence-corrected chi connectivity index (χ1v) is 11.1. The third-order valence-electron chi connectivity index (χ3n) is 5.88. The smallest absolute Gasteiger partial charge is 0.254 e. The third kappa shape index (κ3) is 4.59. The summed E-state index contributed by atoms with van der Waals surface area (Å²) in [4.78, 5) is 20.2. The van der Waals surface area contributed by atoms with Gasteiger partial charge in [-0.2, -0.15) is 5.10 Å². The van der Waals surface area contributed by atoms with Crippen LogP contribution in [-0.2, 0) is 19.6 Å². The molecule has 2 aromatic heterocycles. The van der Waals surface area contributed by atoms with E-state index in [4.69, 9.17) is 4.98 Å². The van der Waals surface area contributed by atoms with Crippen molar-refractivity contribution in [3.8, 4) is 17.0 Å². The fourth-order valence-corrected chi connectivity index (χ4v) is 4.07. The molecule has 7 nitrogen and oxygen atoms in total. The van der Waals surface area contributed by atoms with Crippen molar-refractivity contribution in [2.45, 2.75) is 33.5 Å². The molecule has 1 amide bonds. The van der Waals surface area contributed by atoms with E-state index in [0.717, 1.165) is 39.8 Å². The SMILES string of the molecule is CCn1ncc(CN(C)C(=O)c2cc(-c3cccc(O)c3)nc3ccc(CNC)cc23)c1C. The lowest BCUT2D eigenvalue weighted by Crippen LogP contribution is -2.27. The van der Waals surface area contributed by atoms with Crippen molar-refractivity contribution in [3.63, 3.8) is 0 Å². The van der Waals surface area contributed by atoms with E-state index in [0.29, 0.717) is 24.3 Å². The quantitative estimate of drug-likeness (QED) is 0.449. The highest BCUT2D eigenvalue weighted by atomic mass is 16.3. The van der Waals surface area contributed by atoms with E-state index in [1.165, 1.54) is 0 Å². The molecule has 0 saturated carbocycles. The van der Waals surface area contributed by atoms with Gasteiger partial charge in [0.1, 0.15) is 5.75 Å². The second-order valence-electron chi connectivity index (χ2n) is 8.22. The number of phenolic OH excluding ortho intramolecular Hbond substituents is 1. The van der Waals surface area contributed by atoms with Gasteiger partial charge in [-0.05, 0) is 56.8 Å². The van der Waals surface area contributed by atoms with Gasteiger partial charge in [0, 0.05) is 48.9 Å². The van der Waals surface area contributed by atoms with E-state index in [2.05, 4.69) is 10.4 Å². The van der Waals surface area contributed by atoms with Crippen molar-refractivity contribution in [2.24, 2.45) is 0 Å². The van der Waals surface area contributed by atoms with Crippen molar-refractivity contribution in [1.29, 1.82) is 0 Å². The molecule has 2 heterocycles. The predicted molar refractivity (Wildman–Crippen MR) is 130 cm³/mol. The molecule has 7 heteroatoms. The van der Waals surface area contributed by atoms with E-state index in [-0.39, 0.29) is 11.7 Å². The van der Waals surface area contributed by atoms with Crippen molar-refractivity contribution < 1.29 is 9.90 Å². The number of aryl methyl sites for hydroxylation is 1. The number of benzene rings is 2. The number of phenols is 1. The number of amides is 1. The maximum atomic E-state index is 13.7. The van der Waals surface area contributed by atoms with Gasteiger partial charge in [-0.1, -0.05) is 18.2 Å². The number of hydrogen-bond donors (Lipinski definition) is 2. The number of carbonyl (C=O) groups excluding carboxylic acids is 1. The third-order valence-corrected chi connectivity index (χ3v) is 5.88. The van der Waals surface area contributed by atoms with Crippen LogP contribution in [0.2, 0.25) is 0 Å². The van der Waals surface area contributed by atoms with Crippen LogP contribution >= 0.6 is 0 Å². The summed E-state index contributed by atoms with van der Waals surface area (Å²) in [6, 6.07) is 14.7. The molecule has 0 aliphatic carbocycles. The molecular weight excluding hydrogens is 414 g/mol. The van der Waals surface area contributed by atoms with Crippen LogP contribution in [0.5, 0.6) is 5.75 Å². The van der Waals surface area contributed by atoms with Gasteiger partial charge in [0.25, 0.3) is 5.91 Å². The number of aromatic hydroxyl groups is 1. The van der Waals surface area contributed by atoms with Crippen molar-refractivity contribution in [3.05, 3.63) is 77.1 Å². The second-order valence-corrected chi connectivity index (χ2v) is 8.22. The van der Waals surface area contributed by atoms with Gasteiger partial charge in [0.2, 0.25) is 0 Å². The number of pyridine rings is 1. The first-order chi connectivity index (χ1) is 15.9. The monoisotopic (exact) mass is 443 g/mol. The van der Waals surface area contributed by atoms with E-state index < -0.39 is 0 Å². The Bertz CT molecular complexity index is 1310. The topological polar surface area (TPSA) is 83.3 Å². The summed E-state index contributed by atoms with van der Waals surface area (Å²) in [6.45, 7) is 6.03. The van der Waals surface area contributed by atoms with Crippen LogP contribution < -0.4 is 5.32 Å². The Morgan fingerprint density at radius 1 is 1.18 bits per heavy atom. The molecule has 170 valence electrons. The molecule has 0 aliphatic heterocycles. The lowest BCUT2D eigenvalue weighted by molar-refractivity contribution is 0.0787. The Balaban J connectivity index is 1.79. The molecule has 33 heavy (non-hydrogen) atoms. The largest absolute Gasteiger partial charge is 0.508 e. The van der Waals surface area contributed by atoms with Gasteiger partial charge >= 0.3 is 0 Å². The zero-order valence-corrected chi connectivity index (χ0v) is 19.5. The molecule has 0 radical (unpaired) electrons. The molecule has 4 rings (SSSR count). The Hall–Kier alpha value is -3.71. The lowest BCUT2D eigenvalue weighted by Gasteiger charge is -2.19. The predicted octanol–water partition coefficient (Wildman–Crippen LogP) is 4.12. The van der Waals surface area contributed by atoms with Crippen LogP contribution in [0.15, 0.2) is 54.7 Å². The fraction of sp³-hybridized carbons (Fsp3) is 0.269. The van der Waals surface area contributed by atoms with Gasteiger partial charge in [0.15, 0.2) is 0 Å². The molecule has 0 bridgehead atoms. The van der Waals surface area contributed by atoms with Gasteiger partial charge in [-0.25, -0.2) is 4.98 Å². The first kappa shape index (κ1) is 22.5. The number of hydrogen-bond acceptors (Lipinski definition) is 5. The highest BCUT2D eigenvalue weighted by Gasteiger charge is 2.20. The molecule has 0 spiro atoms. The summed E-state index contributed by atoms with van der Waals surface area (Å²) < 4.78 is 1.93. The molecule has 2 N–H and O–H groups in total. The van der Waals surface area contributed by atoms with Crippen molar-refractivity contribution >= 4 is 16.8 Å². The molecule has 4 aromatic rings. The van der Waals surface area contributed by atoms with Crippen LogP contribution in [-0.4, -0.2) is 44.8 Å². The minimum Gasteiger partial charge on any atom is -0.508 e. The van der Waals surface area contributed by atoms with Crippen molar-refractivity contribution in [1.82, 2.24) is 25.0 Å². The summed E-state index contributed by atoms with van der Waals surface area (Å²) in [6.07, 6.45) is 1.83. The highest BCUT2D eigenvalue weighted by molar-refractivity contribution is 6.07. The van der Waals surface area contributed by atoms with Gasteiger partial charge < -0.3 is 15.3 Å². The molecule has 0 unspecified atom stereocenters. The second kappa shape index (κ2) is 9.42. The van der Waals surface area contributed by atoms with Crippen LogP contribution in [0.1, 0.15) is 34.1 Å². The Kier molecular flexibility index (Phi) is 6.42. The molecule has 0 aliphatic rings. The summed E-state index contributed by atoms with van der Waals surface area (Å²) in [5.41, 5.74) is 5.89.